The minimum absolute atomic E-state index is 0.240. The first kappa shape index (κ1) is 24.9. The number of nitrogens with one attached hydrogen (secondary N) is 3. The van der Waals surface area contributed by atoms with Crippen LogP contribution in [-0.2, 0) is 9.59 Å². The first-order valence-corrected chi connectivity index (χ1v) is 10.7. The van der Waals surface area contributed by atoms with Crippen LogP contribution < -0.4 is 25.4 Å². The minimum Gasteiger partial charge on any atom is -0.493 e. The number of hydrogen-bond donors (Lipinski definition) is 4. The van der Waals surface area contributed by atoms with Gasteiger partial charge in [0.05, 0.1) is 18.4 Å². The van der Waals surface area contributed by atoms with Crippen molar-refractivity contribution >= 4 is 35.4 Å². The van der Waals surface area contributed by atoms with Gasteiger partial charge in [0, 0.05) is 38.5 Å². The molecule has 0 radical (unpaired) electrons. The van der Waals surface area contributed by atoms with Crippen molar-refractivity contribution in [1.82, 2.24) is 20.2 Å². The van der Waals surface area contributed by atoms with E-state index in [2.05, 4.69) is 35.8 Å². The van der Waals surface area contributed by atoms with Crippen LogP contribution in [0.2, 0.25) is 0 Å². The second-order valence-electron chi connectivity index (χ2n) is 7.58. The Morgan fingerprint density at radius 1 is 1.29 bits per heavy atom. The summed E-state index contributed by atoms with van der Waals surface area (Å²) in [5, 5.41) is 18.0. The van der Waals surface area contributed by atoms with Gasteiger partial charge in [-0.2, -0.15) is 0 Å². The van der Waals surface area contributed by atoms with E-state index in [0.29, 0.717) is 35.2 Å². The molecule has 2 heterocycles. The number of carboxylic acids is 1. The highest BCUT2D eigenvalue weighted by molar-refractivity contribution is 6.13. The Hall–Kier alpha value is -3.77. The van der Waals surface area contributed by atoms with Gasteiger partial charge in [0.25, 0.3) is 0 Å². The maximum absolute atomic E-state index is 12.6. The third-order valence-corrected chi connectivity index (χ3v) is 5.12. The molecule has 0 fully saturated rings. The molecule has 0 bridgehead atoms. The molecule has 1 amide bonds. The quantitative estimate of drug-likeness (QED) is 0.311. The molecule has 1 aromatic carbocycles. The zero-order valence-electron chi connectivity index (χ0n) is 19.4. The molecule has 3 rings (SSSR count). The maximum atomic E-state index is 12.6. The summed E-state index contributed by atoms with van der Waals surface area (Å²) in [6, 6.07) is 4.85. The van der Waals surface area contributed by atoms with E-state index in [9.17, 15) is 9.59 Å². The van der Waals surface area contributed by atoms with Crippen molar-refractivity contribution in [2.75, 3.05) is 64.6 Å². The molecule has 1 unspecified atom stereocenters. The molecular weight excluding hydrogens is 442 g/mol. The number of aliphatic imine (C=N–C) groups is 1. The van der Waals surface area contributed by atoms with E-state index < -0.39 is 18.5 Å². The zero-order chi connectivity index (χ0) is 24.5. The summed E-state index contributed by atoms with van der Waals surface area (Å²) in [4.78, 5) is 38.6. The van der Waals surface area contributed by atoms with E-state index in [-0.39, 0.29) is 11.7 Å². The monoisotopic (exact) mass is 471 g/mol. The van der Waals surface area contributed by atoms with Crippen molar-refractivity contribution in [3.63, 3.8) is 0 Å². The number of rotatable bonds is 13. The molecule has 182 valence electrons. The number of nitrogens with zero attached hydrogens (tertiary/aromatic N) is 4. The summed E-state index contributed by atoms with van der Waals surface area (Å²) in [5.41, 5.74) is 1.10. The molecule has 1 aliphatic rings. The summed E-state index contributed by atoms with van der Waals surface area (Å²) >= 11 is 0. The van der Waals surface area contributed by atoms with Crippen molar-refractivity contribution in [2.24, 2.45) is 4.99 Å². The van der Waals surface area contributed by atoms with Gasteiger partial charge >= 0.3 is 5.97 Å². The zero-order valence-corrected chi connectivity index (χ0v) is 19.4. The van der Waals surface area contributed by atoms with E-state index >= 15 is 0 Å². The third-order valence-electron chi connectivity index (χ3n) is 5.12. The number of carboxylic acid groups (broad SMARTS) is 1. The van der Waals surface area contributed by atoms with Gasteiger partial charge in [-0.1, -0.05) is 0 Å². The molecule has 1 atom stereocenters. The topological polar surface area (TPSA) is 150 Å². The van der Waals surface area contributed by atoms with Crippen LogP contribution in [0.15, 0.2) is 29.5 Å². The van der Waals surface area contributed by atoms with Crippen LogP contribution in [0.25, 0.3) is 0 Å². The van der Waals surface area contributed by atoms with Gasteiger partial charge in [0.2, 0.25) is 5.91 Å². The highest BCUT2D eigenvalue weighted by Crippen LogP contribution is 2.36. The number of anilines is 2. The summed E-state index contributed by atoms with van der Waals surface area (Å²) in [6.45, 7) is 2.73. The SMILES string of the molecule is CNCCN(C)CCNc1ncnc2c1C(C=Nc1ccc(OC)c(OCC(=O)O)c1)C(=O)N2. The summed E-state index contributed by atoms with van der Waals surface area (Å²) < 4.78 is 10.5. The largest absolute Gasteiger partial charge is 0.493 e. The van der Waals surface area contributed by atoms with Gasteiger partial charge in [-0.15, -0.1) is 0 Å². The molecule has 0 aliphatic carbocycles. The first-order chi connectivity index (χ1) is 16.4. The lowest BCUT2D eigenvalue weighted by molar-refractivity contribution is -0.139. The molecule has 4 N–H and O–H groups in total. The van der Waals surface area contributed by atoms with Gasteiger partial charge in [-0.25, -0.2) is 14.8 Å². The molecule has 34 heavy (non-hydrogen) atoms. The molecule has 1 aromatic heterocycles. The van der Waals surface area contributed by atoms with Crippen molar-refractivity contribution in [3.05, 3.63) is 30.1 Å². The molecular formula is C22H29N7O5. The Morgan fingerprint density at radius 2 is 2.09 bits per heavy atom. The number of aromatic nitrogens is 2. The standard InChI is InChI=1S/C22H29N7O5/c1-23-6-8-29(2)9-7-24-20-19-15(22(32)28-21(19)27-13-26-20)11-25-14-4-5-16(33-3)17(10-14)34-12-18(30)31/h4-5,10-11,13,15,23H,6-9,12H2,1-3H3,(H,30,31)(H2,24,26,27,28,32). The number of likely N-dealkylation sites (N-methyl/N-ethyl adjacent to an activating group) is 2. The fourth-order valence-electron chi connectivity index (χ4n) is 3.34. The van der Waals surface area contributed by atoms with Gasteiger partial charge in [0.1, 0.15) is 23.9 Å². The normalized spacial score (nSPS) is 14.8. The number of hydrogen-bond acceptors (Lipinski definition) is 10. The number of aliphatic carboxylic acids is 1. The van der Waals surface area contributed by atoms with Crippen LogP contribution in [0.4, 0.5) is 17.3 Å². The van der Waals surface area contributed by atoms with Crippen LogP contribution in [0.5, 0.6) is 11.5 Å². The molecule has 2 aromatic rings. The highest BCUT2D eigenvalue weighted by atomic mass is 16.5. The van der Waals surface area contributed by atoms with Crippen molar-refractivity contribution in [2.45, 2.75) is 5.92 Å². The Labute approximate surface area is 197 Å². The van der Waals surface area contributed by atoms with Crippen LogP contribution in [0.1, 0.15) is 11.5 Å². The smallest absolute Gasteiger partial charge is 0.341 e. The lowest BCUT2D eigenvalue weighted by Gasteiger charge is -2.17. The number of carbonyl (C=O) groups excluding carboxylic acids is 1. The van der Waals surface area contributed by atoms with Gasteiger partial charge in [-0.05, 0) is 26.2 Å². The van der Waals surface area contributed by atoms with E-state index in [0.717, 1.165) is 19.6 Å². The van der Waals surface area contributed by atoms with E-state index in [1.165, 1.54) is 19.7 Å². The van der Waals surface area contributed by atoms with Crippen LogP contribution in [0, 0.1) is 0 Å². The fourth-order valence-corrected chi connectivity index (χ4v) is 3.34. The second kappa shape index (κ2) is 11.9. The first-order valence-electron chi connectivity index (χ1n) is 10.7. The summed E-state index contributed by atoms with van der Waals surface area (Å²) in [6.07, 6.45) is 2.92. The third kappa shape index (κ3) is 6.39. The second-order valence-corrected chi connectivity index (χ2v) is 7.58. The summed E-state index contributed by atoms with van der Waals surface area (Å²) in [7, 11) is 5.41. The number of ether oxygens (including phenoxy) is 2. The number of amides is 1. The average molecular weight is 472 g/mol. The molecule has 0 spiro atoms. The van der Waals surface area contributed by atoms with Gasteiger partial charge in [0.15, 0.2) is 18.1 Å². The van der Waals surface area contributed by atoms with Gasteiger partial charge < -0.3 is 35.4 Å². The highest BCUT2D eigenvalue weighted by Gasteiger charge is 2.33. The fraction of sp³-hybridized carbons (Fsp3) is 0.409. The average Bonchev–Trinajstić information content (AvgIpc) is 3.15. The molecule has 1 aliphatic heterocycles. The lowest BCUT2D eigenvalue weighted by Crippen LogP contribution is -2.31. The lowest BCUT2D eigenvalue weighted by atomic mass is 10.0. The van der Waals surface area contributed by atoms with E-state index in [1.807, 2.05) is 14.1 Å². The van der Waals surface area contributed by atoms with Crippen molar-refractivity contribution in [3.8, 4) is 11.5 Å². The summed E-state index contributed by atoms with van der Waals surface area (Å²) in [5.74, 6) is -0.420. The number of methoxy groups -OCH3 is 1. The molecule has 12 nitrogen and oxygen atoms in total. The Bertz CT molecular complexity index is 1050. The number of fused-ring (bicyclic) bond motifs is 1. The predicted molar refractivity (Wildman–Crippen MR) is 128 cm³/mol. The minimum atomic E-state index is -1.11. The number of carbonyl (C=O) groups is 2. The van der Waals surface area contributed by atoms with Gasteiger partial charge in [-0.3, -0.25) is 9.79 Å². The molecule has 12 heteroatoms. The Balaban J connectivity index is 1.75. The molecule has 0 saturated heterocycles. The van der Waals surface area contributed by atoms with Crippen molar-refractivity contribution < 1.29 is 24.2 Å². The number of benzene rings is 1. The maximum Gasteiger partial charge on any atom is 0.341 e. The Kier molecular flexibility index (Phi) is 8.71. The van der Waals surface area contributed by atoms with Crippen LogP contribution in [0.3, 0.4) is 0 Å². The molecule has 0 saturated carbocycles. The van der Waals surface area contributed by atoms with Crippen LogP contribution in [-0.4, -0.2) is 92.1 Å². The van der Waals surface area contributed by atoms with Crippen LogP contribution >= 0.6 is 0 Å². The van der Waals surface area contributed by atoms with E-state index in [1.54, 1.807) is 18.2 Å². The Morgan fingerprint density at radius 3 is 2.82 bits per heavy atom. The van der Waals surface area contributed by atoms with Crippen molar-refractivity contribution in [1.29, 1.82) is 0 Å². The predicted octanol–water partition coefficient (Wildman–Crippen LogP) is 0.950. The van der Waals surface area contributed by atoms with E-state index in [4.69, 9.17) is 14.6 Å².